The highest BCUT2D eigenvalue weighted by Gasteiger charge is 2.29. The monoisotopic (exact) mass is 306 g/mol. The van der Waals surface area contributed by atoms with Crippen LogP contribution in [0.1, 0.15) is 52.5 Å². The van der Waals surface area contributed by atoms with Crippen LogP contribution in [-0.4, -0.2) is 45.9 Å². The molecule has 0 aliphatic carbocycles. The zero-order valence-corrected chi connectivity index (χ0v) is 14.4. The Labute approximate surface area is 134 Å². The minimum atomic E-state index is -0.129. The van der Waals surface area contributed by atoms with Crippen LogP contribution in [0.5, 0.6) is 0 Å². The van der Waals surface area contributed by atoms with Gasteiger partial charge in [-0.1, -0.05) is 27.7 Å². The van der Waals surface area contributed by atoms with E-state index in [1.165, 1.54) is 6.33 Å². The zero-order valence-electron chi connectivity index (χ0n) is 14.4. The molecule has 0 aliphatic rings. The summed E-state index contributed by atoms with van der Waals surface area (Å²) < 4.78 is 0. The second-order valence-electron chi connectivity index (χ2n) is 5.74. The Bertz CT molecular complexity index is 428. The summed E-state index contributed by atoms with van der Waals surface area (Å²) in [6.07, 6.45) is 8.09. The molecule has 5 heteroatoms. The quantitative estimate of drug-likeness (QED) is 0.721. The molecular weight excluding hydrogens is 276 g/mol. The topological polar surface area (TPSA) is 58.1 Å². The van der Waals surface area contributed by atoms with Gasteiger partial charge in [0.2, 0.25) is 5.91 Å². The van der Waals surface area contributed by atoms with Crippen LogP contribution in [-0.2, 0) is 11.2 Å². The molecule has 1 aromatic heterocycles. The Morgan fingerprint density at radius 2 is 1.73 bits per heavy atom. The van der Waals surface area contributed by atoms with E-state index < -0.39 is 0 Å². The molecule has 0 atom stereocenters. The summed E-state index contributed by atoms with van der Waals surface area (Å²) >= 11 is 0. The van der Waals surface area contributed by atoms with Crippen molar-refractivity contribution in [2.24, 2.45) is 0 Å². The number of nitrogens with one attached hydrogen (secondary N) is 1. The number of aryl methyl sites for hydroxylation is 1. The molecule has 1 heterocycles. The number of likely N-dealkylation sites (N-methyl/N-ethyl adjacent to an activating group) is 1. The first-order valence-electron chi connectivity index (χ1n) is 8.36. The highest BCUT2D eigenvalue weighted by Crippen LogP contribution is 2.17. The molecule has 124 valence electrons. The molecule has 22 heavy (non-hydrogen) atoms. The maximum Gasteiger partial charge on any atom is 0.220 e. The lowest BCUT2D eigenvalue weighted by Gasteiger charge is -2.37. The molecule has 0 spiro atoms. The predicted molar refractivity (Wildman–Crippen MR) is 89.6 cm³/mol. The van der Waals surface area contributed by atoms with Crippen LogP contribution in [0.2, 0.25) is 0 Å². The van der Waals surface area contributed by atoms with E-state index in [0.29, 0.717) is 12.8 Å². The summed E-state index contributed by atoms with van der Waals surface area (Å²) in [5.74, 6) is 0.111. The highest BCUT2D eigenvalue weighted by atomic mass is 16.1. The first kappa shape index (κ1) is 18.6. The van der Waals surface area contributed by atoms with Crippen molar-refractivity contribution >= 4 is 5.91 Å². The molecule has 1 rings (SSSR count). The van der Waals surface area contributed by atoms with E-state index in [-0.39, 0.29) is 11.4 Å². The third kappa shape index (κ3) is 5.72. The molecular formula is C17H30N4O. The van der Waals surface area contributed by atoms with Gasteiger partial charge in [0.1, 0.15) is 6.33 Å². The van der Waals surface area contributed by atoms with Gasteiger partial charge in [0.15, 0.2) is 0 Å². The van der Waals surface area contributed by atoms with Crippen LogP contribution < -0.4 is 5.32 Å². The number of carbonyl (C=O) groups excluding carboxylic acids is 1. The van der Waals surface area contributed by atoms with Gasteiger partial charge in [-0.15, -0.1) is 0 Å². The van der Waals surface area contributed by atoms with E-state index in [4.69, 9.17) is 0 Å². The second-order valence-corrected chi connectivity index (χ2v) is 5.74. The summed E-state index contributed by atoms with van der Waals surface area (Å²) in [6, 6.07) is 0. The predicted octanol–water partition coefficient (Wildman–Crippen LogP) is 2.43. The minimum Gasteiger partial charge on any atom is -0.349 e. The Kier molecular flexibility index (Phi) is 8.02. The van der Waals surface area contributed by atoms with E-state index in [1.54, 1.807) is 12.4 Å². The number of hydrogen-bond donors (Lipinski definition) is 1. The highest BCUT2D eigenvalue weighted by molar-refractivity contribution is 5.77. The van der Waals surface area contributed by atoms with Gasteiger partial charge in [0.25, 0.3) is 0 Å². The van der Waals surface area contributed by atoms with Crippen LogP contribution in [0.4, 0.5) is 0 Å². The Morgan fingerprint density at radius 3 is 2.23 bits per heavy atom. The Balaban J connectivity index is 2.59. The molecule has 0 bridgehead atoms. The lowest BCUT2D eigenvalue weighted by molar-refractivity contribution is -0.123. The van der Waals surface area contributed by atoms with Crippen LogP contribution >= 0.6 is 0 Å². The van der Waals surface area contributed by atoms with Crippen molar-refractivity contribution in [3.05, 3.63) is 24.3 Å². The maximum absolute atomic E-state index is 12.3. The zero-order chi connectivity index (χ0) is 16.4. The lowest BCUT2D eigenvalue weighted by Crippen LogP contribution is -2.55. The van der Waals surface area contributed by atoms with Gasteiger partial charge in [0, 0.05) is 25.4 Å². The number of carbonyl (C=O) groups is 1. The van der Waals surface area contributed by atoms with E-state index in [9.17, 15) is 4.79 Å². The first-order valence-corrected chi connectivity index (χ1v) is 8.36. The lowest BCUT2D eigenvalue weighted by atomic mass is 9.91. The normalized spacial score (nSPS) is 11.7. The number of nitrogens with zero attached hydrogens (tertiary/aromatic N) is 3. The third-order valence-corrected chi connectivity index (χ3v) is 4.43. The van der Waals surface area contributed by atoms with Crippen molar-refractivity contribution in [1.29, 1.82) is 0 Å². The number of amides is 1. The molecule has 0 saturated heterocycles. The van der Waals surface area contributed by atoms with Crippen molar-refractivity contribution in [1.82, 2.24) is 20.2 Å². The fraction of sp³-hybridized carbons (Fsp3) is 0.706. The second kappa shape index (κ2) is 9.51. The van der Waals surface area contributed by atoms with Gasteiger partial charge in [-0.2, -0.15) is 0 Å². The van der Waals surface area contributed by atoms with E-state index >= 15 is 0 Å². The molecule has 5 nitrogen and oxygen atoms in total. The third-order valence-electron chi connectivity index (χ3n) is 4.43. The van der Waals surface area contributed by atoms with Crippen LogP contribution in [0.25, 0.3) is 0 Å². The molecule has 0 fully saturated rings. The number of hydrogen-bond acceptors (Lipinski definition) is 4. The minimum absolute atomic E-state index is 0.111. The average molecular weight is 306 g/mol. The van der Waals surface area contributed by atoms with E-state index in [0.717, 1.165) is 38.0 Å². The average Bonchev–Trinajstić information content (AvgIpc) is 2.57. The Hall–Kier alpha value is -1.49. The SMILES string of the molecule is CCN(CC)CC(CC)(CC)NC(=O)CCc1cncnc1. The molecule has 0 saturated carbocycles. The standard InChI is InChI=1S/C17H30N4O/c1-5-17(6-2,13-21(7-3)8-4)20-16(22)10-9-15-11-18-14-19-12-15/h11-12,14H,5-10,13H2,1-4H3,(H,20,22). The summed E-state index contributed by atoms with van der Waals surface area (Å²) in [7, 11) is 0. The van der Waals surface area contributed by atoms with Gasteiger partial charge < -0.3 is 10.2 Å². The summed E-state index contributed by atoms with van der Waals surface area (Å²) in [5, 5.41) is 3.28. The summed E-state index contributed by atoms with van der Waals surface area (Å²) in [4.78, 5) is 22.7. The van der Waals surface area contributed by atoms with Crippen molar-refractivity contribution in [3.8, 4) is 0 Å². The summed E-state index contributed by atoms with van der Waals surface area (Å²) in [5.41, 5.74) is 0.871. The van der Waals surface area contributed by atoms with Crippen LogP contribution in [0.15, 0.2) is 18.7 Å². The fourth-order valence-corrected chi connectivity index (χ4v) is 2.64. The molecule has 1 N–H and O–H groups in total. The van der Waals surface area contributed by atoms with Gasteiger partial charge in [0.05, 0.1) is 5.54 Å². The fourth-order valence-electron chi connectivity index (χ4n) is 2.64. The Morgan fingerprint density at radius 1 is 1.14 bits per heavy atom. The van der Waals surface area contributed by atoms with E-state index in [2.05, 4.69) is 47.9 Å². The van der Waals surface area contributed by atoms with Crippen LogP contribution in [0, 0.1) is 0 Å². The number of aromatic nitrogens is 2. The van der Waals surface area contributed by atoms with Gasteiger partial charge in [-0.25, -0.2) is 9.97 Å². The first-order chi connectivity index (χ1) is 10.6. The largest absolute Gasteiger partial charge is 0.349 e. The van der Waals surface area contributed by atoms with Crippen molar-refractivity contribution in [3.63, 3.8) is 0 Å². The molecule has 0 radical (unpaired) electrons. The van der Waals surface area contributed by atoms with E-state index in [1.807, 2.05) is 0 Å². The number of rotatable bonds is 10. The van der Waals surface area contributed by atoms with Crippen LogP contribution in [0.3, 0.4) is 0 Å². The maximum atomic E-state index is 12.3. The molecule has 0 aromatic carbocycles. The molecule has 0 unspecified atom stereocenters. The van der Waals surface area contributed by atoms with Crippen molar-refractivity contribution < 1.29 is 4.79 Å². The van der Waals surface area contributed by atoms with Gasteiger partial charge >= 0.3 is 0 Å². The molecule has 1 aromatic rings. The van der Waals surface area contributed by atoms with Crippen molar-refractivity contribution in [2.75, 3.05) is 19.6 Å². The summed E-state index contributed by atoms with van der Waals surface area (Å²) in [6.45, 7) is 11.6. The molecule has 1 amide bonds. The van der Waals surface area contributed by atoms with Crippen molar-refractivity contribution in [2.45, 2.75) is 58.9 Å². The molecule has 0 aliphatic heterocycles. The van der Waals surface area contributed by atoms with Gasteiger partial charge in [-0.3, -0.25) is 4.79 Å². The smallest absolute Gasteiger partial charge is 0.220 e. The van der Waals surface area contributed by atoms with Gasteiger partial charge in [-0.05, 0) is 37.9 Å².